The van der Waals surface area contributed by atoms with Gasteiger partial charge in [0, 0.05) is 19.1 Å². The van der Waals surface area contributed by atoms with Crippen molar-refractivity contribution in [2.24, 2.45) is 5.92 Å². The summed E-state index contributed by atoms with van der Waals surface area (Å²) in [7, 11) is 0. The van der Waals surface area contributed by atoms with Gasteiger partial charge in [-0.05, 0) is 51.6 Å². The molecule has 2 aliphatic heterocycles. The van der Waals surface area contributed by atoms with Crippen LogP contribution in [0.25, 0.3) is 0 Å². The summed E-state index contributed by atoms with van der Waals surface area (Å²) in [5.74, 6) is -0.556. The van der Waals surface area contributed by atoms with Crippen molar-refractivity contribution in [2.45, 2.75) is 45.1 Å². The third kappa shape index (κ3) is 5.57. The van der Waals surface area contributed by atoms with Gasteiger partial charge < -0.3 is 15.3 Å². The second-order valence-corrected chi connectivity index (χ2v) is 6.75. The lowest BCUT2D eigenvalue weighted by molar-refractivity contribution is -0.138. The normalized spacial score (nSPS) is 27.5. The third-order valence-corrected chi connectivity index (χ3v) is 4.84. The Labute approximate surface area is 132 Å². The summed E-state index contributed by atoms with van der Waals surface area (Å²) in [5.41, 5.74) is 0. The highest BCUT2D eigenvalue weighted by Gasteiger charge is 2.26. The Kier molecular flexibility index (Phi) is 6.64. The van der Waals surface area contributed by atoms with Crippen molar-refractivity contribution in [1.82, 2.24) is 15.1 Å². The molecule has 2 rings (SSSR count). The molecule has 2 atom stereocenters. The number of carbonyl (C=O) groups excluding carboxylic acids is 1. The minimum atomic E-state index is -0.996. The Morgan fingerprint density at radius 2 is 2.00 bits per heavy atom. The van der Waals surface area contributed by atoms with E-state index in [1.165, 1.54) is 32.2 Å². The highest BCUT2D eigenvalue weighted by molar-refractivity contribution is 5.82. The first kappa shape index (κ1) is 17.2. The lowest BCUT2D eigenvalue weighted by Gasteiger charge is -2.39. The number of nitrogens with one attached hydrogen (secondary N) is 1. The molecule has 2 aliphatic rings. The number of hydrogen-bond acceptors (Lipinski definition) is 4. The number of carboxylic acids is 1. The molecule has 2 heterocycles. The molecule has 126 valence electrons. The molecular weight excluding hydrogens is 282 g/mol. The fraction of sp³-hybridized carbons (Fsp3) is 0.875. The summed E-state index contributed by atoms with van der Waals surface area (Å²) in [6.45, 7) is 6.57. The molecule has 2 unspecified atom stereocenters. The van der Waals surface area contributed by atoms with E-state index >= 15 is 0 Å². The minimum Gasteiger partial charge on any atom is -0.480 e. The number of carbonyl (C=O) groups is 2. The van der Waals surface area contributed by atoms with Crippen LogP contribution in [0.5, 0.6) is 0 Å². The van der Waals surface area contributed by atoms with E-state index in [1.54, 1.807) is 0 Å². The molecule has 0 aromatic rings. The number of hydrogen-bond donors (Lipinski definition) is 2. The third-order valence-electron chi connectivity index (χ3n) is 4.84. The van der Waals surface area contributed by atoms with Crippen LogP contribution in [-0.2, 0) is 9.59 Å². The van der Waals surface area contributed by atoms with Crippen LogP contribution in [0.2, 0.25) is 0 Å². The average Bonchev–Trinajstić information content (AvgIpc) is 2.48. The summed E-state index contributed by atoms with van der Waals surface area (Å²) < 4.78 is 0. The zero-order valence-corrected chi connectivity index (χ0v) is 13.6. The summed E-state index contributed by atoms with van der Waals surface area (Å²) in [6, 6.07) is 0.683. The van der Waals surface area contributed by atoms with Crippen molar-refractivity contribution in [3.63, 3.8) is 0 Å². The van der Waals surface area contributed by atoms with Gasteiger partial charge in [-0.2, -0.15) is 0 Å². The Balaban J connectivity index is 1.74. The van der Waals surface area contributed by atoms with Gasteiger partial charge in [-0.25, -0.2) is 0 Å². The molecule has 2 fully saturated rings. The standard InChI is InChI=1S/C16H29N3O3/c1-13-5-2-3-8-19(13)11-14-6-4-7-18(10-14)12-15(20)17-9-16(21)22/h13-14H,2-12H2,1H3,(H,17,20)(H,21,22). The van der Waals surface area contributed by atoms with E-state index in [0.717, 1.165) is 26.1 Å². The molecule has 0 aromatic heterocycles. The average molecular weight is 311 g/mol. The maximum atomic E-state index is 11.7. The maximum absolute atomic E-state index is 11.7. The molecule has 0 bridgehead atoms. The van der Waals surface area contributed by atoms with Crippen LogP contribution >= 0.6 is 0 Å². The molecule has 0 radical (unpaired) electrons. The van der Waals surface area contributed by atoms with Crippen LogP contribution in [0.3, 0.4) is 0 Å². The van der Waals surface area contributed by atoms with Gasteiger partial charge in [-0.3, -0.25) is 14.5 Å². The smallest absolute Gasteiger partial charge is 0.322 e. The fourth-order valence-electron chi connectivity index (χ4n) is 3.64. The van der Waals surface area contributed by atoms with Crippen molar-refractivity contribution in [3.8, 4) is 0 Å². The molecular formula is C16H29N3O3. The predicted molar refractivity (Wildman–Crippen MR) is 84.7 cm³/mol. The number of carboxylic acid groups (broad SMARTS) is 1. The molecule has 22 heavy (non-hydrogen) atoms. The topological polar surface area (TPSA) is 72.9 Å². The van der Waals surface area contributed by atoms with Crippen LogP contribution in [0, 0.1) is 5.92 Å². The van der Waals surface area contributed by atoms with Gasteiger partial charge in [-0.15, -0.1) is 0 Å². The van der Waals surface area contributed by atoms with Crippen molar-refractivity contribution in [3.05, 3.63) is 0 Å². The molecule has 0 aliphatic carbocycles. The Hall–Kier alpha value is -1.14. The van der Waals surface area contributed by atoms with E-state index in [1.807, 2.05) is 0 Å². The first-order valence-corrected chi connectivity index (χ1v) is 8.49. The second kappa shape index (κ2) is 8.48. The molecule has 0 spiro atoms. The van der Waals surface area contributed by atoms with Gasteiger partial charge in [0.2, 0.25) is 5.91 Å². The maximum Gasteiger partial charge on any atom is 0.322 e. The van der Waals surface area contributed by atoms with E-state index in [2.05, 4.69) is 22.0 Å². The molecule has 1 amide bonds. The van der Waals surface area contributed by atoms with E-state index in [4.69, 9.17) is 5.11 Å². The first-order valence-electron chi connectivity index (χ1n) is 8.49. The largest absolute Gasteiger partial charge is 0.480 e. The van der Waals surface area contributed by atoms with Crippen molar-refractivity contribution in [1.29, 1.82) is 0 Å². The molecule has 0 saturated carbocycles. The zero-order valence-electron chi connectivity index (χ0n) is 13.6. The van der Waals surface area contributed by atoms with Gasteiger partial charge in [0.15, 0.2) is 0 Å². The van der Waals surface area contributed by atoms with Gasteiger partial charge in [-0.1, -0.05) is 6.42 Å². The quantitative estimate of drug-likeness (QED) is 0.758. The van der Waals surface area contributed by atoms with E-state index in [-0.39, 0.29) is 12.5 Å². The lowest BCUT2D eigenvalue weighted by atomic mass is 9.95. The summed E-state index contributed by atoms with van der Waals surface area (Å²) >= 11 is 0. The summed E-state index contributed by atoms with van der Waals surface area (Å²) in [6.07, 6.45) is 6.31. The van der Waals surface area contributed by atoms with E-state index in [0.29, 0.717) is 18.5 Å². The summed E-state index contributed by atoms with van der Waals surface area (Å²) in [4.78, 5) is 27.0. The number of piperidine rings is 2. The highest BCUT2D eigenvalue weighted by Crippen LogP contribution is 2.22. The van der Waals surface area contributed by atoms with Crippen molar-refractivity contribution >= 4 is 11.9 Å². The van der Waals surface area contributed by atoms with Gasteiger partial charge in [0.1, 0.15) is 6.54 Å². The molecule has 2 N–H and O–H groups in total. The number of rotatable bonds is 6. The lowest BCUT2D eigenvalue weighted by Crippen LogP contribution is -2.47. The second-order valence-electron chi connectivity index (χ2n) is 6.75. The Morgan fingerprint density at radius 1 is 1.18 bits per heavy atom. The van der Waals surface area contributed by atoms with Crippen LogP contribution < -0.4 is 5.32 Å². The number of amides is 1. The van der Waals surface area contributed by atoms with Crippen LogP contribution in [0.1, 0.15) is 39.0 Å². The Morgan fingerprint density at radius 3 is 2.73 bits per heavy atom. The zero-order chi connectivity index (χ0) is 15.9. The first-order chi connectivity index (χ1) is 10.5. The van der Waals surface area contributed by atoms with Gasteiger partial charge in [0.05, 0.1) is 6.54 Å². The van der Waals surface area contributed by atoms with Crippen LogP contribution in [0.15, 0.2) is 0 Å². The van der Waals surface area contributed by atoms with Gasteiger partial charge in [0.25, 0.3) is 0 Å². The van der Waals surface area contributed by atoms with Crippen molar-refractivity contribution < 1.29 is 14.7 Å². The monoisotopic (exact) mass is 311 g/mol. The molecule has 0 aromatic carbocycles. The Bertz CT molecular complexity index is 389. The van der Waals surface area contributed by atoms with E-state index in [9.17, 15) is 9.59 Å². The van der Waals surface area contributed by atoms with Crippen LogP contribution in [0.4, 0.5) is 0 Å². The summed E-state index contributed by atoms with van der Waals surface area (Å²) in [5, 5.41) is 11.0. The molecule has 6 nitrogen and oxygen atoms in total. The number of likely N-dealkylation sites (tertiary alicyclic amines) is 2. The van der Waals surface area contributed by atoms with Gasteiger partial charge >= 0.3 is 5.97 Å². The number of nitrogens with zero attached hydrogens (tertiary/aromatic N) is 2. The SMILES string of the molecule is CC1CCCCN1CC1CCCN(CC(=O)NCC(=O)O)C1. The molecule has 2 saturated heterocycles. The molecule has 6 heteroatoms. The fourth-order valence-corrected chi connectivity index (χ4v) is 3.64. The predicted octanol–water partition coefficient (Wildman–Crippen LogP) is 0.774. The number of aliphatic carboxylic acids is 1. The van der Waals surface area contributed by atoms with Crippen molar-refractivity contribution in [2.75, 3.05) is 39.3 Å². The van der Waals surface area contributed by atoms with Crippen LogP contribution in [-0.4, -0.2) is 72.1 Å². The highest BCUT2D eigenvalue weighted by atomic mass is 16.4. The van der Waals surface area contributed by atoms with E-state index < -0.39 is 5.97 Å². The minimum absolute atomic E-state index is 0.186.